The van der Waals surface area contributed by atoms with Gasteiger partial charge in [0.15, 0.2) is 11.4 Å². The summed E-state index contributed by atoms with van der Waals surface area (Å²) in [6.07, 6.45) is 1.12. The number of aryl methyl sites for hydroxylation is 1. The van der Waals surface area contributed by atoms with Crippen LogP contribution in [0.1, 0.15) is 41.4 Å². The number of rotatable bonds is 2. The number of hydrogen-bond donors (Lipinski definition) is 1. The Morgan fingerprint density at radius 2 is 1.87 bits per heavy atom. The highest BCUT2D eigenvalue weighted by Crippen LogP contribution is 2.38. The van der Waals surface area contributed by atoms with Gasteiger partial charge in [-0.3, -0.25) is 0 Å². The number of nitrogens with zero attached hydrogens (tertiary/aromatic N) is 3. The van der Waals surface area contributed by atoms with Gasteiger partial charge in [-0.25, -0.2) is 14.5 Å². The quantitative estimate of drug-likeness (QED) is 0.600. The van der Waals surface area contributed by atoms with Crippen molar-refractivity contribution in [1.29, 1.82) is 0 Å². The van der Waals surface area contributed by atoms with E-state index in [-0.39, 0.29) is 38.8 Å². The Morgan fingerprint density at radius 1 is 1.23 bits per heavy atom. The van der Waals surface area contributed by atoms with Crippen molar-refractivity contribution >= 4 is 27.1 Å². The van der Waals surface area contributed by atoms with Gasteiger partial charge in [-0.2, -0.15) is 26.7 Å². The highest BCUT2D eigenvalue weighted by atomic mass is 32.2. The Morgan fingerprint density at radius 3 is 2.43 bits per heavy atom. The molecule has 0 radical (unpaired) electrons. The van der Waals surface area contributed by atoms with Crippen molar-refractivity contribution in [3.8, 4) is 11.4 Å². The molecule has 30 heavy (non-hydrogen) atoms. The molecule has 2 aromatic heterocycles. The number of aromatic nitrogens is 3. The third-order valence-corrected chi connectivity index (χ3v) is 5.54. The first kappa shape index (κ1) is 21.6. The fraction of sp³-hybridized carbons (Fsp3) is 0.278. The van der Waals surface area contributed by atoms with Crippen molar-refractivity contribution in [3.05, 3.63) is 41.2 Å². The van der Waals surface area contributed by atoms with Gasteiger partial charge in [0.1, 0.15) is 10.5 Å². The summed E-state index contributed by atoms with van der Waals surface area (Å²) < 4.78 is 61.1. The minimum atomic E-state index is -4.25. The Balaban J connectivity index is 0.000000589. The molecule has 0 atom stereocenters. The monoisotopic (exact) mass is 443 g/mol. The molecule has 0 unspecified atom stereocenters. The van der Waals surface area contributed by atoms with E-state index < -0.39 is 22.8 Å². The predicted molar refractivity (Wildman–Crippen MR) is 99.6 cm³/mol. The molecule has 0 spiro atoms. The van der Waals surface area contributed by atoms with Gasteiger partial charge in [0.25, 0.3) is 0 Å². The molecule has 0 saturated carbocycles. The van der Waals surface area contributed by atoms with Crippen molar-refractivity contribution in [1.82, 2.24) is 14.8 Å². The molecule has 3 aromatic rings. The fourth-order valence-electron chi connectivity index (χ4n) is 3.11. The standard InChI is InChI=1S/C17H15N3O5S.CHF3/c1-8(2)15-14-13(17(21)22)11-7-18-16(14)20(19-15)10-6-9(3)4-5-12(10)26(23,24)25-11;2-1(3)4/h4-8H,1-3H3,(H,21,22);1H. The first-order valence-electron chi connectivity index (χ1n) is 8.56. The molecule has 0 aliphatic carbocycles. The lowest BCUT2D eigenvalue weighted by Crippen LogP contribution is -2.15. The van der Waals surface area contributed by atoms with Crippen LogP contribution in [0.25, 0.3) is 16.7 Å². The van der Waals surface area contributed by atoms with E-state index in [1.165, 1.54) is 10.7 Å². The number of carboxylic acids is 1. The summed E-state index contributed by atoms with van der Waals surface area (Å²) in [5, 5.41) is 14.5. The van der Waals surface area contributed by atoms with Gasteiger partial charge in [0, 0.05) is 0 Å². The third-order valence-electron chi connectivity index (χ3n) is 4.26. The summed E-state index contributed by atoms with van der Waals surface area (Å²) in [6, 6.07) is 4.73. The van der Waals surface area contributed by atoms with Gasteiger partial charge in [-0.1, -0.05) is 19.9 Å². The number of carbonyl (C=O) groups is 1. The highest BCUT2D eigenvalue weighted by Gasteiger charge is 2.33. The number of carboxylic acid groups (broad SMARTS) is 1. The summed E-state index contributed by atoms with van der Waals surface area (Å²) in [6.45, 7) is 1.92. The number of aromatic carboxylic acids is 1. The lowest BCUT2D eigenvalue weighted by Gasteiger charge is -2.12. The summed E-state index contributed by atoms with van der Waals surface area (Å²) in [7, 11) is -4.25. The van der Waals surface area contributed by atoms with Crippen LogP contribution in [-0.4, -0.2) is 40.9 Å². The molecule has 0 saturated heterocycles. The van der Waals surface area contributed by atoms with Crippen molar-refractivity contribution in [2.24, 2.45) is 0 Å². The van der Waals surface area contributed by atoms with Gasteiger partial charge in [-0.05, 0) is 30.5 Å². The molecule has 4 heterocycles. The zero-order valence-corrected chi connectivity index (χ0v) is 16.7. The van der Waals surface area contributed by atoms with Crippen LogP contribution in [0.5, 0.6) is 5.75 Å². The average Bonchev–Trinajstić information content (AvgIpc) is 3.01. The van der Waals surface area contributed by atoms with Gasteiger partial charge in [0.05, 0.1) is 23.0 Å². The molecule has 8 nitrogen and oxygen atoms in total. The van der Waals surface area contributed by atoms with Crippen LogP contribution in [0.3, 0.4) is 0 Å². The average molecular weight is 443 g/mol. The first-order chi connectivity index (χ1) is 13.9. The Kier molecular flexibility index (Phi) is 5.46. The summed E-state index contributed by atoms with van der Waals surface area (Å²) in [5.41, 5.74) is 1.64. The Bertz CT molecular complexity index is 1250. The summed E-state index contributed by atoms with van der Waals surface area (Å²) >= 11 is 0. The molecule has 160 valence electrons. The van der Waals surface area contributed by atoms with Crippen LogP contribution < -0.4 is 4.18 Å². The van der Waals surface area contributed by atoms with Gasteiger partial charge < -0.3 is 9.29 Å². The molecule has 4 bridgehead atoms. The minimum absolute atomic E-state index is 0.0941. The molecule has 5 rings (SSSR count). The minimum Gasteiger partial charge on any atom is -0.478 e. The molecule has 0 amide bonds. The van der Waals surface area contributed by atoms with Crippen molar-refractivity contribution < 1.29 is 35.7 Å². The number of halogens is 3. The number of alkyl halides is 3. The maximum absolute atomic E-state index is 12.8. The second-order valence-corrected chi connectivity index (χ2v) is 8.22. The van der Waals surface area contributed by atoms with E-state index >= 15 is 0 Å². The highest BCUT2D eigenvalue weighted by molar-refractivity contribution is 7.87. The van der Waals surface area contributed by atoms with Crippen LogP contribution in [0, 0.1) is 6.92 Å². The van der Waals surface area contributed by atoms with Crippen molar-refractivity contribution in [3.63, 3.8) is 0 Å². The van der Waals surface area contributed by atoms with Gasteiger partial charge in [-0.15, -0.1) is 0 Å². The van der Waals surface area contributed by atoms with E-state index in [0.717, 1.165) is 11.8 Å². The van der Waals surface area contributed by atoms with Gasteiger partial charge in [0.2, 0.25) is 0 Å². The zero-order valence-electron chi connectivity index (χ0n) is 15.9. The van der Waals surface area contributed by atoms with Gasteiger partial charge >= 0.3 is 22.8 Å². The molecular formula is C18H16F3N3O5S. The smallest absolute Gasteiger partial charge is 0.379 e. The van der Waals surface area contributed by atoms with Crippen molar-refractivity contribution in [2.75, 3.05) is 0 Å². The maximum atomic E-state index is 12.8. The summed E-state index contributed by atoms with van der Waals surface area (Å²) in [5.74, 6) is -1.72. The van der Waals surface area contributed by atoms with Crippen LogP contribution in [0.2, 0.25) is 0 Å². The third kappa shape index (κ3) is 3.70. The van der Waals surface area contributed by atoms with Crippen LogP contribution in [0.4, 0.5) is 13.2 Å². The SMILES string of the molecule is Cc1ccc2c(c1)-n1nc(C(C)C)c3c(C(=O)O)c(cnc31)OS2(=O)=O.FC(F)F. The molecule has 0 fully saturated rings. The lowest BCUT2D eigenvalue weighted by atomic mass is 10.0. The number of fused-ring (bicyclic) bond motifs is 2. The van der Waals surface area contributed by atoms with E-state index in [4.69, 9.17) is 4.18 Å². The van der Waals surface area contributed by atoms with E-state index in [1.54, 1.807) is 12.1 Å². The Hall–Kier alpha value is -3.15. The normalized spacial score (nSPS) is 14.0. The fourth-order valence-corrected chi connectivity index (χ4v) is 4.20. The molecule has 1 N–H and O–H groups in total. The predicted octanol–water partition coefficient (Wildman–Crippen LogP) is 3.81. The second-order valence-electron chi connectivity index (χ2n) is 6.71. The number of benzene rings is 1. The largest absolute Gasteiger partial charge is 0.478 e. The zero-order chi connectivity index (χ0) is 22.4. The van der Waals surface area contributed by atoms with Crippen LogP contribution >= 0.6 is 0 Å². The molecule has 2 aliphatic rings. The molecule has 1 aromatic carbocycles. The molecule has 12 heteroatoms. The van der Waals surface area contributed by atoms with E-state index in [2.05, 4.69) is 10.1 Å². The van der Waals surface area contributed by atoms with E-state index in [1.807, 2.05) is 20.8 Å². The van der Waals surface area contributed by atoms with E-state index in [0.29, 0.717) is 5.69 Å². The molecule has 2 aliphatic heterocycles. The Labute approximate surface area is 169 Å². The lowest BCUT2D eigenvalue weighted by molar-refractivity contribution is 0.00817. The molecular weight excluding hydrogens is 427 g/mol. The summed E-state index contributed by atoms with van der Waals surface area (Å²) in [4.78, 5) is 16.1. The first-order valence-corrected chi connectivity index (χ1v) is 9.97. The number of pyridine rings is 1. The topological polar surface area (TPSA) is 111 Å². The maximum Gasteiger partial charge on any atom is 0.379 e. The second kappa shape index (κ2) is 7.59. The van der Waals surface area contributed by atoms with Crippen LogP contribution in [0.15, 0.2) is 29.3 Å². The van der Waals surface area contributed by atoms with Crippen LogP contribution in [-0.2, 0) is 10.1 Å². The van der Waals surface area contributed by atoms with E-state index in [9.17, 15) is 31.5 Å². The number of hydrogen-bond acceptors (Lipinski definition) is 6. The van der Waals surface area contributed by atoms with Crippen molar-refractivity contribution in [2.45, 2.75) is 38.3 Å².